The molecule has 1 rings (SSSR count). The van der Waals surface area contributed by atoms with Crippen LogP contribution in [-0.2, 0) is 14.3 Å². The summed E-state index contributed by atoms with van der Waals surface area (Å²) in [7, 11) is 1.54. The van der Waals surface area contributed by atoms with Gasteiger partial charge < -0.3 is 15.0 Å². The fourth-order valence-electron chi connectivity index (χ4n) is 1.30. The van der Waals surface area contributed by atoms with E-state index in [-0.39, 0.29) is 11.8 Å². The summed E-state index contributed by atoms with van der Waals surface area (Å²) in [5, 5.41) is 2.48. The molecular formula is C9H14N2O3. The summed E-state index contributed by atoms with van der Waals surface area (Å²) in [6, 6.07) is 0. The van der Waals surface area contributed by atoms with Crippen LogP contribution in [0.1, 0.15) is 0 Å². The highest BCUT2D eigenvalue weighted by Crippen LogP contribution is 2.05. The van der Waals surface area contributed by atoms with E-state index in [0.717, 1.165) is 0 Å². The van der Waals surface area contributed by atoms with Crippen LogP contribution >= 0.6 is 0 Å². The first kappa shape index (κ1) is 10.7. The first-order valence-corrected chi connectivity index (χ1v) is 4.43. The Hall–Kier alpha value is -1.36. The van der Waals surface area contributed by atoms with E-state index in [9.17, 15) is 9.59 Å². The monoisotopic (exact) mass is 198 g/mol. The van der Waals surface area contributed by atoms with Crippen LogP contribution in [0, 0.1) is 0 Å². The molecule has 1 N–H and O–H groups in total. The van der Waals surface area contributed by atoms with Gasteiger partial charge in [0.15, 0.2) is 6.10 Å². The van der Waals surface area contributed by atoms with Crippen molar-refractivity contribution in [1.82, 2.24) is 10.2 Å². The van der Waals surface area contributed by atoms with E-state index in [2.05, 4.69) is 11.9 Å². The van der Waals surface area contributed by atoms with Crippen LogP contribution in [0.4, 0.5) is 0 Å². The molecule has 78 valence electrons. The Bertz CT molecular complexity index is 252. The van der Waals surface area contributed by atoms with Crippen LogP contribution in [0.5, 0.6) is 0 Å². The number of carbonyl (C=O) groups is 2. The normalized spacial score (nSPS) is 21.5. The number of hydrogen-bond donors (Lipinski definition) is 1. The van der Waals surface area contributed by atoms with E-state index in [1.807, 2.05) is 0 Å². The summed E-state index contributed by atoms with van der Waals surface area (Å²) in [5.41, 5.74) is 0. The zero-order valence-electron chi connectivity index (χ0n) is 8.16. The van der Waals surface area contributed by atoms with Crippen molar-refractivity contribution < 1.29 is 14.3 Å². The number of likely N-dealkylation sites (N-methyl/N-ethyl adjacent to an activating group) is 1. The minimum Gasteiger partial charge on any atom is -0.365 e. The Kier molecular flexibility index (Phi) is 3.64. The van der Waals surface area contributed by atoms with E-state index in [4.69, 9.17) is 4.74 Å². The van der Waals surface area contributed by atoms with Crippen LogP contribution in [0.3, 0.4) is 0 Å². The minimum atomic E-state index is -0.558. The van der Waals surface area contributed by atoms with Crippen LogP contribution in [0.2, 0.25) is 0 Å². The van der Waals surface area contributed by atoms with Gasteiger partial charge >= 0.3 is 0 Å². The molecule has 0 aromatic heterocycles. The zero-order valence-corrected chi connectivity index (χ0v) is 8.16. The molecule has 0 aliphatic carbocycles. The molecule has 2 amide bonds. The van der Waals surface area contributed by atoms with E-state index in [1.165, 1.54) is 6.08 Å². The van der Waals surface area contributed by atoms with Crippen molar-refractivity contribution in [3.63, 3.8) is 0 Å². The summed E-state index contributed by atoms with van der Waals surface area (Å²) in [6.07, 6.45) is 0.685. The average molecular weight is 198 g/mol. The molecule has 1 saturated heterocycles. The molecule has 1 aliphatic heterocycles. The first-order valence-electron chi connectivity index (χ1n) is 4.43. The fourth-order valence-corrected chi connectivity index (χ4v) is 1.30. The Labute approximate surface area is 82.7 Å². The molecule has 1 unspecified atom stereocenters. The van der Waals surface area contributed by atoms with Crippen molar-refractivity contribution in [2.75, 3.05) is 26.7 Å². The zero-order chi connectivity index (χ0) is 10.6. The van der Waals surface area contributed by atoms with Gasteiger partial charge in [-0.2, -0.15) is 0 Å². The third-order valence-corrected chi connectivity index (χ3v) is 2.09. The minimum absolute atomic E-state index is 0.165. The largest absolute Gasteiger partial charge is 0.365 e. The highest BCUT2D eigenvalue weighted by Gasteiger charge is 2.27. The van der Waals surface area contributed by atoms with Gasteiger partial charge in [-0.05, 0) is 6.08 Å². The molecular weight excluding hydrogens is 184 g/mol. The second-order valence-corrected chi connectivity index (χ2v) is 2.96. The van der Waals surface area contributed by atoms with Crippen LogP contribution in [-0.4, -0.2) is 49.6 Å². The van der Waals surface area contributed by atoms with Crippen LogP contribution < -0.4 is 5.32 Å². The lowest BCUT2D eigenvalue weighted by atomic mass is 10.2. The highest BCUT2D eigenvalue weighted by molar-refractivity contribution is 5.88. The van der Waals surface area contributed by atoms with Gasteiger partial charge in [-0.25, -0.2) is 0 Å². The van der Waals surface area contributed by atoms with E-state index >= 15 is 0 Å². The second kappa shape index (κ2) is 4.76. The lowest BCUT2D eigenvalue weighted by Crippen LogP contribution is -2.50. The van der Waals surface area contributed by atoms with Gasteiger partial charge in [0.05, 0.1) is 13.2 Å². The number of nitrogens with one attached hydrogen (secondary N) is 1. The van der Waals surface area contributed by atoms with Crippen molar-refractivity contribution >= 4 is 11.8 Å². The predicted molar refractivity (Wildman–Crippen MR) is 50.6 cm³/mol. The Morgan fingerprint density at radius 2 is 2.36 bits per heavy atom. The van der Waals surface area contributed by atoms with Crippen molar-refractivity contribution in [2.45, 2.75) is 6.10 Å². The van der Waals surface area contributed by atoms with Crippen LogP contribution in [0.15, 0.2) is 12.7 Å². The Balaban J connectivity index is 2.55. The van der Waals surface area contributed by atoms with Gasteiger partial charge in [0, 0.05) is 13.6 Å². The smallest absolute Gasteiger partial charge is 0.250 e. The van der Waals surface area contributed by atoms with E-state index < -0.39 is 6.10 Å². The molecule has 1 aliphatic rings. The van der Waals surface area contributed by atoms with Gasteiger partial charge in [0.2, 0.25) is 5.91 Å². The molecule has 0 bridgehead atoms. The number of ether oxygens (including phenoxy) is 1. The third kappa shape index (κ3) is 2.32. The molecule has 0 aromatic rings. The van der Waals surface area contributed by atoms with Gasteiger partial charge in [0.25, 0.3) is 5.91 Å². The molecule has 5 nitrogen and oxygen atoms in total. The highest BCUT2D eigenvalue weighted by atomic mass is 16.5. The number of hydrogen-bond acceptors (Lipinski definition) is 3. The number of morpholine rings is 1. The topological polar surface area (TPSA) is 58.6 Å². The number of nitrogens with zero attached hydrogens (tertiary/aromatic N) is 1. The number of carbonyl (C=O) groups excluding carboxylic acids is 2. The fraction of sp³-hybridized carbons (Fsp3) is 0.556. The standard InChI is InChI=1S/C9H14N2O3/c1-3-8(12)11-4-5-14-7(6-11)9(13)10-2/h3,7H,1,4-6H2,2H3,(H,10,13). The van der Waals surface area contributed by atoms with E-state index in [1.54, 1.807) is 11.9 Å². The summed E-state index contributed by atoms with van der Waals surface area (Å²) in [4.78, 5) is 24.0. The molecule has 14 heavy (non-hydrogen) atoms. The Morgan fingerprint density at radius 1 is 1.64 bits per heavy atom. The van der Waals surface area contributed by atoms with Gasteiger partial charge in [0.1, 0.15) is 0 Å². The van der Waals surface area contributed by atoms with Crippen LogP contribution in [0.25, 0.3) is 0 Å². The molecule has 0 radical (unpaired) electrons. The second-order valence-electron chi connectivity index (χ2n) is 2.96. The van der Waals surface area contributed by atoms with Gasteiger partial charge in [-0.15, -0.1) is 0 Å². The quantitative estimate of drug-likeness (QED) is 0.588. The molecule has 0 saturated carbocycles. The SMILES string of the molecule is C=CC(=O)N1CCOC(C(=O)NC)C1. The summed E-state index contributed by atoms with van der Waals surface area (Å²) in [6.45, 7) is 4.59. The van der Waals surface area contributed by atoms with Gasteiger partial charge in [-0.1, -0.05) is 6.58 Å². The van der Waals surface area contributed by atoms with E-state index in [0.29, 0.717) is 19.7 Å². The molecule has 5 heteroatoms. The average Bonchev–Trinajstić information content (AvgIpc) is 2.27. The number of rotatable bonds is 2. The maximum absolute atomic E-state index is 11.2. The Morgan fingerprint density at radius 3 is 2.93 bits per heavy atom. The first-order chi connectivity index (χ1) is 6.69. The van der Waals surface area contributed by atoms with Crippen molar-refractivity contribution in [3.05, 3.63) is 12.7 Å². The van der Waals surface area contributed by atoms with Crippen molar-refractivity contribution in [1.29, 1.82) is 0 Å². The lowest BCUT2D eigenvalue weighted by molar-refractivity contribution is -0.144. The molecule has 1 heterocycles. The predicted octanol–water partition coefficient (Wildman–Crippen LogP) is -0.854. The summed E-state index contributed by atoms with van der Waals surface area (Å²) < 4.78 is 5.22. The van der Waals surface area contributed by atoms with Crippen molar-refractivity contribution in [3.8, 4) is 0 Å². The summed E-state index contributed by atoms with van der Waals surface area (Å²) >= 11 is 0. The van der Waals surface area contributed by atoms with Gasteiger partial charge in [-0.3, -0.25) is 9.59 Å². The molecule has 1 fully saturated rings. The summed E-state index contributed by atoms with van der Waals surface area (Å²) in [5.74, 6) is -0.367. The maximum Gasteiger partial charge on any atom is 0.250 e. The molecule has 1 atom stereocenters. The third-order valence-electron chi connectivity index (χ3n) is 2.09. The number of amides is 2. The van der Waals surface area contributed by atoms with Crippen molar-refractivity contribution in [2.24, 2.45) is 0 Å². The molecule has 0 aromatic carbocycles. The lowest BCUT2D eigenvalue weighted by Gasteiger charge is -2.31. The maximum atomic E-state index is 11.2. The molecule has 0 spiro atoms.